The Morgan fingerprint density at radius 3 is 1.64 bits per heavy atom. The second kappa shape index (κ2) is 5.94. The van der Waals surface area contributed by atoms with Crippen LogP contribution in [0.3, 0.4) is 0 Å². The molecule has 0 atom stereocenters. The maximum absolute atomic E-state index is 2.33. The van der Waals surface area contributed by atoms with Crippen molar-refractivity contribution in [2.24, 2.45) is 0 Å². The van der Waals surface area contributed by atoms with Crippen molar-refractivity contribution in [1.82, 2.24) is 0 Å². The second-order valence-electron chi connectivity index (χ2n) is 7.42. The van der Waals surface area contributed by atoms with Crippen LogP contribution in [-0.4, -0.2) is 0 Å². The van der Waals surface area contributed by atoms with Gasteiger partial charge in [-0.1, -0.05) is 97.1 Å². The molecule has 0 aromatic heterocycles. The quantitative estimate of drug-likeness (QED) is 0.277. The summed E-state index contributed by atoms with van der Waals surface area (Å²) >= 11 is 0. The van der Waals surface area contributed by atoms with Crippen molar-refractivity contribution in [2.45, 2.75) is 0 Å². The molecule has 0 aliphatic heterocycles. The van der Waals surface area contributed by atoms with Gasteiger partial charge in [0.1, 0.15) is 0 Å². The summed E-state index contributed by atoms with van der Waals surface area (Å²) in [5, 5.41) is 7.98. The second-order valence-corrected chi connectivity index (χ2v) is 7.42. The number of hydrogen-bond donors (Lipinski definition) is 0. The molecule has 0 amide bonds. The van der Waals surface area contributed by atoms with E-state index in [4.69, 9.17) is 0 Å². The highest BCUT2D eigenvalue weighted by Gasteiger charge is 2.13. The lowest BCUT2D eigenvalue weighted by atomic mass is 9.88. The zero-order chi connectivity index (χ0) is 18.5. The van der Waals surface area contributed by atoms with Gasteiger partial charge in [0.25, 0.3) is 0 Å². The van der Waals surface area contributed by atoms with Crippen LogP contribution in [0, 0.1) is 0 Å². The van der Waals surface area contributed by atoms with Crippen LogP contribution in [0.5, 0.6) is 0 Å². The van der Waals surface area contributed by atoms with Gasteiger partial charge in [-0.25, -0.2) is 0 Å². The van der Waals surface area contributed by atoms with Crippen molar-refractivity contribution in [1.29, 1.82) is 0 Å². The molecule has 0 aliphatic carbocycles. The van der Waals surface area contributed by atoms with Crippen LogP contribution >= 0.6 is 0 Å². The molecule has 130 valence electrons. The minimum Gasteiger partial charge on any atom is -0.0622 e. The summed E-state index contributed by atoms with van der Waals surface area (Å²) in [6, 6.07) is 39.6. The summed E-state index contributed by atoms with van der Waals surface area (Å²) in [4.78, 5) is 0. The fourth-order valence-electron chi connectivity index (χ4n) is 4.49. The highest BCUT2D eigenvalue weighted by Crippen LogP contribution is 2.40. The molecule has 0 aliphatic rings. The summed E-state index contributed by atoms with van der Waals surface area (Å²) in [5.74, 6) is 0. The molecular formula is C28H18. The predicted molar refractivity (Wildman–Crippen MR) is 121 cm³/mol. The third-order valence-electron chi connectivity index (χ3n) is 5.79. The monoisotopic (exact) mass is 354 g/mol. The Morgan fingerprint density at radius 2 is 0.929 bits per heavy atom. The number of benzene rings is 6. The maximum atomic E-state index is 2.33. The topological polar surface area (TPSA) is 0 Å². The SMILES string of the molecule is c1ccc(-c2cc3ccc4ccc(-c5ccccc5)c5ccc(c2)c3c45)cc1. The summed E-state index contributed by atoms with van der Waals surface area (Å²) in [5.41, 5.74) is 5.10. The first-order chi connectivity index (χ1) is 13.9. The van der Waals surface area contributed by atoms with Crippen LogP contribution in [0.4, 0.5) is 0 Å². The molecule has 0 heteroatoms. The molecule has 6 rings (SSSR count). The maximum Gasteiger partial charge on any atom is -0.00206 e. The molecule has 0 radical (unpaired) electrons. The fourth-order valence-corrected chi connectivity index (χ4v) is 4.49. The first-order valence-electron chi connectivity index (χ1n) is 9.71. The Bertz CT molecular complexity index is 1410. The van der Waals surface area contributed by atoms with Crippen molar-refractivity contribution < 1.29 is 0 Å². The van der Waals surface area contributed by atoms with E-state index in [0.29, 0.717) is 0 Å². The summed E-state index contributed by atoms with van der Waals surface area (Å²) in [7, 11) is 0. The highest BCUT2D eigenvalue weighted by atomic mass is 14.2. The van der Waals surface area contributed by atoms with E-state index in [0.717, 1.165) is 0 Å². The van der Waals surface area contributed by atoms with Crippen LogP contribution in [0.15, 0.2) is 109 Å². The lowest BCUT2D eigenvalue weighted by Crippen LogP contribution is -1.88. The summed E-state index contributed by atoms with van der Waals surface area (Å²) < 4.78 is 0. The fraction of sp³-hybridized carbons (Fsp3) is 0. The molecule has 0 spiro atoms. The van der Waals surface area contributed by atoms with Crippen molar-refractivity contribution in [3.63, 3.8) is 0 Å². The molecule has 0 saturated carbocycles. The molecule has 0 nitrogen and oxygen atoms in total. The van der Waals surface area contributed by atoms with Gasteiger partial charge in [-0.15, -0.1) is 0 Å². The van der Waals surface area contributed by atoms with Gasteiger partial charge < -0.3 is 0 Å². The van der Waals surface area contributed by atoms with Gasteiger partial charge >= 0.3 is 0 Å². The summed E-state index contributed by atoms with van der Waals surface area (Å²) in [6.45, 7) is 0. The Kier molecular flexibility index (Phi) is 3.27. The van der Waals surface area contributed by atoms with E-state index in [9.17, 15) is 0 Å². The lowest BCUT2D eigenvalue weighted by molar-refractivity contribution is 1.65. The molecule has 6 aromatic carbocycles. The molecule has 0 bridgehead atoms. The van der Waals surface area contributed by atoms with Gasteiger partial charge in [0.15, 0.2) is 0 Å². The molecule has 0 unspecified atom stereocenters. The minimum absolute atomic E-state index is 1.26. The zero-order valence-electron chi connectivity index (χ0n) is 15.4. The Morgan fingerprint density at radius 1 is 0.357 bits per heavy atom. The van der Waals surface area contributed by atoms with Crippen LogP contribution in [0.1, 0.15) is 0 Å². The van der Waals surface area contributed by atoms with Crippen LogP contribution in [0.25, 0.3) is 54.6 Å². The average molecular weight is 354 g/mol. The van der Waals surface area contributed by atoms with Gasteiger partial charge in [0, 0.05) is 0 Å². The molecule has 28 heavy (non-hydrogen) atoms. The van der Waals surface area contributed by atoms with E-state index in [-0.39, 0.29) is 0 Å². The van der Waals surface area contributed by atoms with Gasteiger partial charge in [-0.05, 0) is 66.7 Å². The first kappa shape index (κ1) is 15.4. The third-order valence-corrected chi connectivity index (χ3v) is 5.79. The van der Waals surface area contributed by atoms with E-state index in [1.807, 2.05) is 0 Å². The molecule has 6 aromatic rings. The van der Waals surface area contributed by atoms with E-state index < -0.39 is 0 Å². The van der Waals surface area contributed by atoms with Crippen molar-refractivity contribution in [3.8, 4) is 22.3 Å². The van der Waals surface area contributed by atoms with Crippen molar-refractivity contribution in [2.75, 3.05) is 0 Å². The number of hydrogen-bond acceptors (Lipinski definition) is 0. The zero-order valence-corrected chi connectivity index (χ0v) is 15.4. The standard InChI is InChI=1S/C28H18/c1-3-7-19(8-4-1)24-17-22-12-11-21-13-15-25(20-9-5-2-6-10-20)26-16-14-23(18-24)27(22)28(21)26/h1-18H. The van der Waals surface area contributed by atoms with Crippen LogP contribution < -0.4 is 0 Å². The van der Waals surface area contributed by atoms with Gasteiger partial charge in [-0.3, -0.25) is 0 Å². The third kappa shape index (κ3) is 2.25. The molecule has 0 heterocycles. The van der Waals surface area contributed by atoms with Gasteiger partial charge in [-0.2, -0.15) is 0 Å². The number of rotatable bonds is 2. The molecule has 0 saturated heterocycles. The highest BCUT2D eigenvalue weighted by molar-refractivity contribution is 6.26. The Hall–Kier alpha value is -3.64. The van der Waals surface area contributed by atoms with Gasteiger partial charge in [0.2, 0.25) is 0 Å². The minimum atomic E-state index is 1.26. The van der Waals surface area contributed by atoms with E-state index in [2.05, 4.69) is 109 Å². The van der Waals surface area contributed by atoms with Crippen LogP contribution in [-0.2, 0) is 0 Å². The molecule has 0 fully saturated rings. The first-order valence-corrected chi connectivity index (χ1v) is 9.71. The molecular weight excluding hydrogens is 336 g/mol. The predicted octanol–water partition coefficient (Wildman–Crippen LogP) is 7.92. The Balaban J connectivity index is 1.71. The van der Waals surface area contributed by atoms with E-state index in [1.165, 1.54) is 54.6 Å². The smallest absolute Gasteiger partial charge is 0.00206 e. The average Bonchev–Trinajstić information content (AvgIpc) is 2.78. The van der Waals surface area contributed by atoms with Crippen molar-refractivity contribution >= 4 is 32.3 Å². The molecule has 0 N–H and O–H groups in total. The van der Waals surface area contributed by atoms with E-state index >= 15 is 0 Å². The largest absolute Gasteiger partial charge is 0.0622 e. The van der Waals surface area contributed by atoms with Crippen LogP contribution in [0.2, 0.25) is 0 Å². The van der Waals surface area contributed by atoms with Crippen molar-refractivity contribution in [3.05, 3.63) is 109 Å². The summed E-state index contributed by atoms with van der Waals surface area (Å²) in [6.07, 6.45) is 0. The van der Waals surface area contributed by atoms with Gasteiger partial charge in [0.05, 0.1) is 0 Å². The van der Waals surface area contributed by atoms with E-state index in [1.54, 1.807) is 0 Å². The lowest BCUT2D eigenvalue weighted by Gasteiger charge is -2.15. The normalized spacial score (nSPS) is 11.6. The Labute approximate surface area is 164 Å².